The number of phenolic OH excluding ortho intramolecular Hbond substituents is 1. The molecule has 0 saturated heterocycles. The van der Waals surface area contributed by atoms with Crippen LogP contribution < -0.4 is 9.47 Å². The van der Waals surface area contributed by atoms with E-state index in [9.17, 15) is 9.90 Å². The summed E-state index contributed by atoms with van der Waals surface area (Å²) in [6, 6.07) is 23.6. The van der Waals surface area contributed by atoms with Gasteiger partial charge in [-0.2, -0.15) is 0 Å². The van der Waals surface area contributed by atoms with Crippen LogP contribution in [0.2, 0.25) is 0 Å². The highest BCUT2D eigenvalue weighted by atomic mass is 16.7. The standard InChI is InChI=1S/C35H46O6/c1-8-26(28-10-16-31(36)17-11-28)23-30(29-14-20-32(21-15-29)39-25(4)38-9-2)22-24(3)27-12-18-33(19-13-27)40-34(37)41-35(5,6)7/h10-21,24-26,30,36H,8-9,22-23H2,1-7H3. The zero-order valence-corrected chi connectivity index (χ0v) is 25.6. The molecule has 0 bridgehead atoms. The summed E-state index contributed by atoms with van der Waals surface area (Å²) < 4.78 is 22.0. The Bertz CT molecular complexity index is 1200. The highest BCUT2D eigenvalue weighted by molar-refractivity contribution is 5.64. The van der Waals surface area contributed by atoms with Crippen LogP contribution in [0.25, 0.3) is 0 Å². The zero-order valence-electron chi connectivity index (χ0n) is 25.6. The van der Waals surface area contributed by atoms with Crippen molar-refractivity contribution < 1.29 is 28.8 Å². The molecular weight excluding hydrogens is 516 g/mol. The smallest absolute Gasteiger partial charge is 0.508 e. The number of aromatic hydroxyl groups is 1. The first-order valence-corrected chi connectivity index (χ1v) is 14.6. The van der Waals surface area contributed by atoms with Crippen molar-refractivity contribution in [2.45, 2.75) is 97.4 Å². The van der Waals surface area contributed by atoms with Crippen LogP contribution in [0.3, 0.4) is 0 Å². The Kier molecular flexibility index (Phi) is 11.7. The molecule has 0 aliphatic carbocycles. The summed E-state index contributed by atoms with van der Waals surface area (Å²) in [5.74, 6) is 2.44. The molecule has 3 aromatic rings. The van der Waals surface area contributed by atoms with Gasteiger partial charge in [-0.1, -0.05) is 50.2 Å². The van der Waals surface area contributed by atoms with Crippen molar-refractivity contribution in [1.29, 1.82) is 0 Å². The topological polar surface area (TPSA) is 74.2 Å². The van der Waals surface area contributed by atoms with E-state index in [1.165, 1.54) is 16.7 Å². The van der Waals surface area contributed by atoms with Crippen LogP contribution in [0.1, 0.15) is 102 Å². The summed E-state index contributed by atoms with van der Waals surface area (Å²) in [6.45, 7) is 14.3. The van der Waals surface area contributed by atoms with E-state index in [1.54, 1.807) is 12.1 Å². The van der Waals surface area contributed by atoms with Gasteiger partial charge in [0.2, 0.25) is 0 Å². The maximum atomic E-state index is 12.1. The van der Waals surface area contributed by atoms with E-state index in [0.717, 1.165) is 25.0 Å². The lowest BCUT2D eigenvalue weighted by molar-refractivity contribution is -0.0613. The van der Waals surface area contributed by atoms with Gasteiger partial charge in [-0.3, -0.25) is 0 Å². The molecule has 0 radical (unpaired) electrons. The summed E-state index contributed by atoms with van der Waals surface area (Å²) in [5.41, 5.74) is 3.06. The molecule has 0 fully saturated rings. The molecule has 4 atom stereocenters. The van der Waals surface area contributed by atoms with Gasteiger partial charge in [0.1, 0.15) is 22.8 Å². The number of hydrogen-bond donors (Lipinski definition) is 1. The molecule has 0 heterocycles. The van der Waals surface area contributed by atoms with E-state index in [0.29, 0.717) is 24.2 Å². The molecule has 0 saturated carbocycles. The second-order valence-corrected chi connectivity index (χ2v) is 11.6. The molecule has 3 aromatic carbocycles. The third-order valence-corrected chi connectivity index (χ3v) is 7.16. The molecular formula is C35H46O6. The lowest BCUT2D eigenvalue weighted by Crippen LogP contribution is -2.25. The monoisotopic (exact) mass is 562 g/mol. The largest absolute Gasteiger partial charge is 0.514 e. The van der Waals surface area contributed by atoms with Gasteiger partial charge in [0.05, 0.1) is 0 Å². The van der Waals surface area contributed by atoms with E-state index in [2.05, 4.69) is 26.0 Å². The van der Waals surface area contributed by atoms with E-state index in [1.807, 2.05) is 83.1 Å². The van der Waals surface area contributed by atoms with Gasteiger partial charge < -0.3 is 24.1 Å². The fourth-order valence-corrected chi connectivity index (χ4v) is 5.07. The number of rotatable bonds is 13. The Balaban J connectivity index is 1.78. The molecule has 6 nitrogen and oxygen atoms in total. The van der Waals surface area contributed by atoms with Gasteiger partial charge in [0.25, 0.3) is 0 Å². The molecule has 222 valence electrons. The van der Waals surface area contributed by atoms with Crippen molar-refractivity contribution in [1.82, 2.24) is 0 Å². The molecule has 6 heteroatoms. The molecule has 0 amide bonds. The predicted molar refractivity (Wildman–Crippen MR) is 163 cm³/mol. The van der Waals surface area contributed by atoms with Gasteiger partial charge in [0, 0.05) is 6.61 Å². The Labute approximate surface area is 245 Å². The molecule has 3 rings (SSSR count). The molecule has 0 aliphatic heterocycles. The van der Waals surface area contributed by atoms with Crippen LogP contribution in [0, 0.1) is 0 Å². The van der Waals surface area contributed by atoms with Crippen molar-refractivity contribution >= 4 is 6.16 Å². The van der Waals surface area contributed by atoms with E-state index >= 15 is 0 Å². The average Bonchev–Trinajstić information content (AvgIpc) is 2.91. The van der Waals surface area contributed by atoms with Crippen molar-refractivity contribution in [3.05, 3.63) is 89.5 Å². The van der Waals surface area contributed by atoms with Crippen LogP contribution in [0.5, 0.6) is 17.2 Å². The lowest BCUT2D eigenvalue weighted by Gasteiger charge is -2.27. The van der Waals surface area contributed by atoms with Gasteiger partial charge in [-0.15, -0.1) is 0 Å². The van der Waals surface area contributed by atoms with E-state index < -0.39 is 11.8 Å². The van der Waals surface area contributed by atoms with Gasteiger partial charge in [-0.05, 0) is 125 Å². The normalized spacial score (nSPS) is 14.5. The van der Waals surface area contributed by atoms with Crippen molar-refractivity contribution in [3.8, 4) is 17.2 Å². The van der Waals surface area contributed by atoms with Crippen LogP contribution >= 0.6 is 0 Å². The fourth-order valence-electron chi connectivity index (χ4n) is 5.07. The maximum absolute atomic E-state index is 12.1. The van der Waals surface area contributed by atoms with Gasteiger partial charge in [-0.25, -0.2) is 4.79 Å². The summed E-state index contributed by atoms with van der Waals surface area (Å²) in [4.78, 5) is 12.1. The van der Waals surface area contributed by atoms with Crippen LogP contribution in [0.15, 0.2) is 72.8 Å². The minimum atomic E-state index is -0.707. The third kappa shape index (κ3) is 10.4. The van der Waals surface area contributed by atoms with E-state index in [4.69, 9.17) is 18.9 Å². The number of phenols is 1. The van der Waals surface area contributed by atoms with Gasteiger partial charge >= 0.3 is 6.16 Å². The summed E-state index contributed by atoms with van der Waals surface area (Å²) in [5, 5.41) is 9.80. The molecule has 0 spiro atoms. The second kappa shape index (κ2) is 14.9. The van der Waals surface area contributed by atoms with Crippen LogP contribution in [-0.2, 0) is 9.47 Å². The number of benzene rings is 3. The van der Waals surface area contributed by atoms with Crippen LogP contribution in [0.4, 0.5) is 4.79 Å². The Morgan fingerprint density at radius 2 is 1.29 bits per heavy atom. The minimum absolute atomic E-state index is 0.266. The Hall–Kier alpha value is -3.51. The minimum Gasteiger partial charge on any atom is -0.508 e. The number of ether oxygens (including phenoxy) is 4. The molecule has 1 N–H and O–H groups in total. The highest BCUT2D eigenvalue weighted by Gasteiger charge is 2.23. The lowest BCUT2D eigenvalue weighted by atomic mass is 9.78. The summed E-state index contributed by atoms with van der Waals surface area (Å²) >= 11 is 0. The summed E-state index contributed by atoms with van der Waals surface area (Å²) in [7, 11) is 0. The van der Waals surface area contributed by atoms with Crippen molar-refractivity contribution in [3.63, 3.8) is 0 Å². The Morgan fingerprint density at radius 1 is 0.756 bits per heavy atom. The van der Waals surface area contributed by atoms with E-state index in [-0.39, 0.29) is 18.0 Å². The van der Waals surface area contributed by atoms with Crippen LogP contribution in [-0.4, -0.2) is 29.8 Å². The summed E-state index contributed by atoms with van der Waals surface area (Å²) in [6.07, 6.45) is 1.90. The highest BCUT2D eigenvalue weighted by Crippen LogP contribution is 2.39. The van der Waals surface area contributed by atoms with Gasteiger partial charge in [0.15, 0.2) is 6.29 Å². The first-order valence-electron chi connectivity index (χ1n) is 14.6. The second-order valence-electron chi connectivity index (χ2n) is 11.6. The average molecular weight is 563 g/mol. The number of hydrogen-bond acceptors (Lipinski definition) is 6. The fraction of sp³-hybridized carbons (Fsp3) is 0.457. The molecule has 41 heavy (non-hydrogen) atoms. The predicted octanol–water partition coefficient (Wildman–Crippen LogP) is 9.33. The number of carbonyl (C=O) groups is 1. The SMILES string of the molecule is CCOC(C)Oc1ccc(C(CC(C)c2ccc(OC(=O)OC(C)(C)C)cc2)CC(CC)c2ccc(O)cc2)cc1. The molecule has 0 aromatic heterocycles. The quantitative estimate of drug-likeness (QED) is 0.127. The molecule has 0 aliphatic rings. The number of carbonyl (C=O) groups excluding carboxylic acids is 1. The Morgan fingerprint density at radius 3 is 1.85 bits per heavy atom. The third-order valence-electron chi connectivity index (χ3n) is 7.16. The molecule has 4 unspecified atom stereocenters. The first kappa shape index (κ1) is 32.0. The maximum Gasteiger partial charge on any atom is 0.514 e. The van der Waals surface area contributed by atoms with Crippen molar-refractivity contribution in [2.24, 2.45) is 0 Å². The zero-order chi connectivity index (χ0) is 30.0. The first-order chi connectivity index (χ1) is 19.5. The van der Waals surface area contributed by atoms with Crippen molar-refractivity contribution in [2.75, 3.05) is 6.61 Å².